The van der Waals surface area contributed by atoms with Crippen LogP contribution in [0, 0.1) is 0 Å². The molecular weight excluding hydrogens is 234 g/mol. The zero-order chi connectivity index (χ0) is 12.8. The Kier molecular flexibility index (Phi) is 4.30. The predicted octanol–water partition coefficient (Wildman–Crippen LogP) is 1.20. The van der Waals surface area contributed by atoms with Gasteiger partial charge in [-0.05, 0) is 6.42 Å². The van der Waals surface area contributed by atoms with E-state index in [-0.39, 0.29) is 0 Å². The van der Waals surface area contributed by atoms with Crippen LogP contribution in [0.25, 0.3) is 11.2 Å². The highest BCUT2D eigenvalue weighted by Crippen LogP contribution is 2.20. The fourth-order valence-corrected chi connectivity index (χ4v) is 1.47. The SMILES string of the molecule is CCCOCCOc1nc(NC)nc2nc[nH]c12. The molecule has 98 valence electrons. The lowest BCUT2D eigenvalue weighted by Crippen LogP contribution is -2.09. The molecule has 0 aliphatic rings. The molecule has 0 bridgehead atoms. The van der Waals surface area contributed by atoms with Crippen LogP contribution in [0.3, 0.4) is 0 Å². The molecule has 0 saturated heterocycles. The number of hydrogen-bond donors (Lipinski definition) is 2. The van der Waals surface area contributed by atoms with E-state index < -0.39 is 0 Å². The van der Waals surface area contributed by atoms with Crippen molar-refractivity contribution in [2.45, 2.75) is 13.3 Å². The van der Waals surface area contributed by atoms with E-state index in [1.165, 1.54) is 0 Å². The number of rotatable bonds is 7. The second-order valence-electron chi connectivity index (χ2n) is 3.66. The van der Waals surface area contributed by atoms with Crippen molar-refractivity contribution in [3.63, 3.8) is 0 Å². The normalized spacial score (nSPS) is 10.8. The monoisotopic (exact) mass is 251 g/mol. The number of nitrogens with one attached hydrogen (secondary N) is 2. The van der Waals surface area contributed by atoms with Gasteiger partial charge in [0.1, 0.15) is 12.1 Å². The zero-order valence-electron chi connectivity index (χ0n) is 10.6. The Bertz CT molecular complexity index is 499. The maximum absolute atomic E-state index is 5.58. The maximum Gasteiger partial charge on any atom is 0.245 e. The molecule has 0 atom stereocenters. The van der Waals surface area contributed by atoms with E-state index in [4.69, 9.17) is 9.47 Å². The molecule has 18 heavy (non-hydrogen) atoms. The summed E-state index contributed by atoms with van der Waals surface area (Å²) in [5.41, 5.74) is 1.28. The number of aromatic nitrogens is 4. The van der Waals surface area contributed by atoms with Crippen LogP contribution in [0.2, 0.25) is 0 Å². The molecule has 7 nitrogen and oxygen atoms in total. The topological polar surface area (TPSA) is 84.9 Å². The molecule has 2 heterocycles. The summed E-state index contributed by atoms with van der Waals surface area (Å²) in [7, 11) is 1.75. The Morgan fingerprint density at radius 3 is 2.94 bits per heavy atom. The van der Waals surface area contributed by atoms with Crippen molar-refractivity contribution in [2.75, 3.05) is 32.2 Å². The van der Waals surface area contributed by atoms with Gasteiger partial charge in [0.15, 0.2) is 5.65 Å². The van der Waals surface area contributed by atoms with Crippen LogP contribution in [-0.4, -0.2) is 46.8 Å². The molecule has 2 aromatic rings. The van der Waals surface area contributed by atoms with Crippen molar-refractivity contribution in [1.29, 1.82) is 0 Å². The molecule has 0 saturated carbocycles. The van der Waals surface area contributed by atoms with Crippen molar-refractivity contribution in [3.8, 4) is 5.88 Å². The summed E-state index contributed by atoms with van der Waals surface area (Å²) in [4.78, 5) is 15.5. The summed E-state index contributed by atoms with van der Waals surface area (Å²) < 4.78 is 10.9. The molecule has 0 fully saturated rings. The van der Waals surface area contributed by atoms with Crippen molar-refractivity contribution >= 4 is 17.1 Å². The minimum atomic E-state index is 0.453. The summed E-state index contributed by atoms with van der Waals surface area (Å²) >= 11 is 0. The Morgan fingerprint density at radius 2 is 2.17 bits per heavy atom. The van der Waals surface area contributed by atoms with Gasteiger partial charge in [-0.25, -0.2) is 4.98 Å². The van der Waals surface area contributed by atoms with Gasteiger partial charge in [0.05, 0.1) is 12.9 Å². The Hall–Kier alpha value is -1.89. The third kappa shape index (κ3) is 2.86. The molecule has 0 radical (unpaired) electrons. The van der Waals surface area contributed by atoms with Crippen LogP contribution in [0.4, 0.5) is 5.95 Å². The first-order chi connectivity index (χ1) is 8.85. The third-order valence-corrected chi connectivity index (χ3v) is 2.29. The highest BCUT2D eigenvalue weighted by molar-refractivity contribution is 5.76. The lowest BCUT2D eigenvalue weighted by molar-refractivity contribution is 0.0995. The van der Waals surface area contributed by atoms with E-state index >= 15 is 0 Å². The van der Waals surface area contributed by atoms with E-state index in [0.29, 0.717) is 36.2 Å². The number of imidazole rings is 1. The molecule has 0 unspecified atom stereocenters. The average Bonchev–Trinajstić information content (AvgIpc) is 2.86. The minimum absolute atomic E-state index is 0.453. The molecule has 0 aliphatic carbocycles. The minimum Gasteiger partial charge on any atom is -0.474 e. The summed E-state index contributed by atoms with van der Waals surface area (Å²) in [6.07, 6.45) is 2.57. The standard InChI is InChI=1S/C11H17N5O2/c1-3-4-17-5-6-18-10-8-9(14-7-13-8)15-11(12-2)16-10/h7H,3-6H2,1-2H3,(H2,12,13,14,15,16). The molecule has 0 amide bonds. The fraction of sp³-hybridized carbons (Fsp3) is 0.545. The van der Waals surface area contributed by atoms with Crippen LogP contribution < -0.4 is 10.1 Å². The van der Waals surface area contributed by atoms with Crippen LogP contribution >= 0.6 is 0 Å². The Morgan fingerprint density at radius 1 is 1.28 bits per heavy atom. The molecule has 2 rings (SSSR count). The summed E-state index contributed by atoms with van der Waals surface area (Å²) in [5, 5.41) is 2.87. The summed E-state index contributed by atoms with van der Waals surface area (Å²) in [6, 6.07) is 0. The van der Waals surface area contributed by atoms with Gasteiger partial charge >= 0.3 is 0 Å². The summed E-state index contributed by atoms with van der Waals surface area (Å²) in [6.45, 7) is 3.81. The quantitative estimate of drug-likeness (QED) is 0.719. The predicted molar refractivity (Wildman–Crippen MR) is 67.8 cm³/mol. The zero-order valence-corrected chi connectivity index (χ0v) is 10.6. The van der Waals surface area contributed by atoms with E-state index in [0.717, 1.165) is 13.0 Å². The van der Waals surface area contributed by atoms with Crippen LogP contribution in [0.15, 0.2) is 6.33 Å². The van der Waals surface area contributed by atoms with Crippen molar-refractivity contribution in [1.82, 2.24) is 19.9 Å². The van der Waals surface area contributed by atoms with Gasteiger partial charge in [-0.3, -0.25) is 0 Å². The van der Waals surface area contributed by atoms with Gasteiger partial charge in [0.2, 0.25) is 11.8 Å². The van der Waals surface area contributed by atoms with Crippen molar-refractivity contribution in [3.05, 3.63) is 6.33 Å². The number of anilines is 1. The molecule has 0 aliphatic heterocycles. The molecule has 7 heteroatoms. The highest BCUT2D eigenvalue weighted by atomic mass is 16.5. The summed E-state index contributed by atoms with van der Waals surface area (Å²) in [5.74, 6) is 0.973. The second kappa shape index (κ2) is 6.15. The highest BCUT2D eigenvalue weighted by Gasteiger charge is 2.10. The van der Waals surface area contributed by atoms with Crippen LogP contribution in [-0.2, 0) is 4.74 Å². The molecule has 2 aromatic heterocycles. The number of H-pyrrole nitrogens is 1. The smallest absolute Gasteiger partial charge is 0.245 e. The van der Waals surface area contributed by atoms with Gasteiger partial charge in [-0.15, -0.1) is 0 Å². The number of fused-ring (bicyclic) bond motifs is 1. The number of ether oxygens (including phenoxy) is 2. The van der Waals surface area contributed by atoms with Crippen LogP contribution in [0.5, 0.6) is 5.88 Å². The first-order valence-electron chi connectivity index (χ1n) is 5.94. The molecule has 2 N–H and O–H groups in total. The maximum atomic E-state index is 5.58. The van der Waals surface area contributed by atoms with Gasteiger partial charge in [0.25, 0.3) is 0 Å². The number of hydrogen-bond acceptors (Lipinski definition) is 6. The first-order valence-corrected chi connectivity index (χ1v) is 5.94. The van der Waals surface area contributed by atoms with Crippen molar-refractivity contribution in [2.24, 2.45) is 0 Å². The second-order valence-corrected chi connectivity index (χ2v) is 3.66. The molecular formula is C11H17N5O2. The van der Waals surface area contributed by atoms with E-state index in [1.807, 2.05) is 0 Å². The molecule has 0 spiro atoms. The van der Waals surface area contributed by atoms with Crippen molar-refractivity contribution < 1.29 is 9.47 Å². The van der Waals surface area contributed by atoms with E-state index in [1.54, 1.807) is 13.4 Å². The largest absolute Gasteiger partial charge is 0.474 e. The van der Waals surface area contributed by atoms with E-state index in [9.17, 15) is 0 Å². The van der Waals surface area contributed by atoms with Gasteiger partial charge in [-0.2, -0.15) is 9.97 Å². The van der Waals surface area contributed by atoms with Crippen LogP contribution in [0.1, 0.15) is 13.3 Å². The fourth-order valence-electron chi connectivity index (χ4n) is 1.47. The van der Waals surface area contributed by atoms with E-state index in [2.05, 4.69) is 32.2 Å². The van der Waals surface area contributed by atoms with Gasteiger partial charge in [-0.1, -0.05) is 6.92 Å². The van der Waals surface area contributed by atoms with Gasteiger partial charge < -0.3 is 19.8 Å². The first kappa shape index (κ1) is 12.6. The molecule has 0 aromatic carbocycles. The number of nitrogens with zero attached hydrogens (tertiary/aromatic N) is 3. The third-order valence-electron chi connectivity index (χ3n) is 2.29. The lowest BCUT2D eigenvalue weighted by Gasteiger charge is -2.07. The Labute approximate surface area is 105 Å². The lowest BCUT2D eigenvalue weighted by atomic mass is 10.5. The number of aromatic amines is 1. The average molecular weight is 251 g/mol. The van der Waals surface area contributed by atoms with Gasteiger partial charge in [0, 0.05) is 13.7 Å². The Balaban J connectivity index is 2.04.